The highest BCUT2D eigenvalue weighted by atomic mass is 35.5. The average molecular weight is 355 g/mol. The van der Waals surface area contributed by atoms with Gasteiger partial charge in [0.1, 0.15) is 12.0 Å². The molecule has 2 N–H and O–H groups in total. The molecule has 1 heterocycles. The Labute approximate surface area is 147 Å². The van der Waals surface area contributed by atoms with E-state index >= 15 is 0 Å². The van der Waals surface area contributed by atoms with E-state index in [1.807, 2.05) is 19.1 Å². The highest BCUT2D eigenvalue weighted by Crippen LogP contribution is 2.30. The number of hydrogen-bond acceptors (Lipinski definition) is 5. The predicted molar refractivity (Wildman–Crippen MR) is 93.9 cm³/mol. The highest BCUT2D eigenvalue weighted by molar-refractivity contribution is 5.93. The monoisotopic (exact) mass is 354 g/mol. The summed E-state index contributed by atoms with van der Waals surface area (Å²) in [4.78, 5) is 14.1. The van der Waals surface area contributed by atoms with Crippen LogP contribution < -0.4 is 15.2 Å². The van der Waals surface area contributed by atoms with Crippen LogP contribution in [-0.2, 0) is 13.1 Å². The Morgan fingerprint density at radius 1 is 1.21 bits per heavy atom. The Hall–Kier alpha value is -2.18. The second kappa shape index (κ2) is 8.61. The number of halogens is 1. The lowest BCUT2D eigenvalue weighted by molar-refractivity contribution is 0.0784. The van der Waals surface area contributed by atoms with Gasteiger partial charge in [-0.2, -0.15) is 0 Å². The van der Waals surface area contributed by atoms with Gasteiger partial charge in [-0.05, 0) is 36.2 Å². The molecule has 1 aromatic carbocycles. The molecule has 1 aromatic heterocycles. The van der Waals surface area contributed by atoms with Gasteiger partial charge in [-0.25, -0.2) is 0 Å². The smallest absolute Gasteiger partial charge is 0.257 e. The first-order valence-corrected chi connectivity index (χ1v) is 7.24. The molecule has 0 unspecified atom stereocenters. The summed E-state index contributed by atoms with van der Waals surface area (Å²) in [6.45, 7) is 2.69. The molecule has 0 saturated carbocycles. The topological polar surface area (TPSA) is 77.9 Å². The molecular weight excluding hydrogens is 332 g/mol. The number of rotatable bonds is 6. The second-order valence-corrected chi connectivity index (χ2v) is 5.30. The van der Waals surface area contributed by atoms with Gasteiger partial charge >= 0.3 is 0 Å². The first kappa shape index (κ1) is 19.9. The van der Waals surface area contributed by atoms with Gasteiger partial charge in [0.2, 0.25) is 0 Å². The molecule has 0 spiro atoms. The van der Waals surface area contributed by atoms with Crippen molar-refractivity contribution < 1.29 is 18.7 Å². The minimum atomic E-state index is -0.123. The average Bonchev–Trinajstić information content (AvgIpc) is 3.04. The summed E-state index contributed by atoms with van der Waals surface area (Å²) in [6.07, 6.45) is 1.43. The normalized spacial score (nSPS) is 10.0. The fraction of sp³-hybridized carbons (Fsp3) is 0.353. The van der Waals surface area contributed by atoms with Crippen LogP contribution in [0.3, 0.4) is 0 Å². The number of methoxy groups -OCH3 is 2. The highest BCUT2D eigenvalue weighted by Gasteiger charge is 2.17. The summed E-state index contributed by atoms with van der Waals surface area (Å²) in [5, 5.41) is 0. The van der Waals surface area contributed by atoms with Gasteiger partial charge < -0.3 is 24.5 Å². The molecule has 24 heavy (non-hydrogen) atoms. The third-order valence-corrected chi connectivity index (χ3v) is 3.70. The molecule has 0 saturated heterocycles. The van der Waals surface area contributed by atoms with Gasteiger partial charge in [-0.3, -0.25) is 4.79 Å². The molecule has 0 fully saturated rings. The van der Waals surface area contributed by atoms with Crippen molar-refractivity contribution in [3.05, 3.63) is 46.9 Å². The van der Waals surface area contributed by atoms with Crippen LogP contribution in [0.2, 0.25) is 0 Å². The zero-order chi connectivity index (χ0) is 17.0. The molecule has 0 aliphatic carbocycles. The van der Waals surface area contributed by atoms with Crippen molar-refractivity contribution in [2.24, 2.45) is 5.73 Å². The van der Waals surface area contributed by atoms with Crippen LogP contribution in [0.1, 0.15) is 27.2 Å². The van der Waals surface area contributed by atoms with Crippen molar-refractivity contribution in [1.29, 1.82) is 0 Å². The molecule has 0 bridgehead atoms. The van der Waals surface area contributed by atoms with Crippen LogP contribution in [-0.4, -0.2) is 32.1 Å². The SMILES string of the molecule is COc1cc(C)c(CN(C)C(=O)c2coc(CN)c2)cc1OC.Cl. The van der Waals surface area contributed by atoms with Gasteiger partial charge in [-0.15, -0.1) is 12.4 Å². The summed E-state index contributed by atoms with van der Waals surface area (Å²) < 4.78 is 15.8. The number of nitrogens with two attached hydrogens (primary N) is 1. The zero-order valence-corrected chi connectivity index (χ0v) is 15.1. The van der Waals surface area contributed by atoms with Crippen LogP contribution in [0, 0.1) is 6.92 Å². The number of furan rings is 1. The number of aryl methyl sites for hydroxylation is 1. The van der Waals surface area contributed by atoms with E-state index in [1.54, 1.807) is 32.2 Å². The molecule has 1 amide bonds. The van der Waals surface area contributed by atoms with E-state index in [-0.39, 0.29) is 24.9 Å². The molecule has 6 nitrogen and oxygen atoms in total. The number of ether oxygens (including phenoxy) is 2. The molecular formula is C17H23ClN2O4. The minimum Gasteiger partial charge on any atom is -0.493 e. The molecule has 2 rings (SSSR count). The number of carbonyl (C=O) groups excluding carboxylic acids is 1. The Balaban J connectivity index is 0.00000288. The van der Waals surface area contributed by atoms with Crippen LogP contribution in [0.15, 0.2) is 28.9 Å². The minimum absolute atomic E-state index is 0. The van der Waals surface area contributed by atoms with Gasteiger partial charge in [0.15, 0.2) is 11.5 Å². The predicted octanol–water partition coefficient (Wildman–Crippen LogP) is 2.76. The van der Waals surface area contributed by atoms with Crippen molar-refractivity contribution in [3.8, 4) is 11.5 Å². The summed E-state index contributed by atoms with van der Waals surface area (Å²) in [5.74, 6) is 1.78. The van der Waals surface area contributed by atoms with E-state index in [0.29, 0.717) is 29.4 Å². The Bertz CT molecular complexity index is 700. The van der Waals surface area contributed by atoms with Crippen molar-refractivity contribution >= 4 is 18.3 Å². The Morgan fingerprint density at radius 2 is 1.83 bits per heavy atom. The summed E-state index contributed by atoms with van der Waals surface area (Å²) in [6, 6.07) is 5.45. The van der Waals surface area contributed by atoms with Gasteiger partial charge in [0.25, 0.3) is 5.91 Å². The number of nitrogens with zero attached hydrogens (tertiary/aromatic N) is 1. The third kappa shape index (κ3) is 4.21. The van der Waals surface area contributed by atoms with Crippen molar-refractivity contribution in [3.63, 3.8) is 0 Å². The third-order valence-electron chi connectivity index (χ3n) is 3.70. The maximum Gasteiger partial charge on any atom is 0.257 e. The van der Waals surface area contributed by atoms with Crippen molar-refractivity contribution in [2.45, 2.75) is 20.0 Å². The standard InChI is InChI=1S/C17H22N2O4.ClH/c1-11-5-15(21-3)16(22-4)7-12(11)9-19(2)17(20)13-6-14(8-18)23-10-13;/h5-7,10H,8-9,18H2,1-4H3;1H. The zero-order valence-electron chi connectivity index (χ0n) is 14.3. The lowest BCUT2D eigenvalue weighted by atomic mass is 10.1. The molecule has 7 heteroatoms. The van der Waals surface area contributed by atoms with E-state index in [4.69, 9.17) is 19.6 Å². The first-order chi connectivity index (χ1) is 11.0. The Morgan fingerprint density at radius 3 is 2.38 bits per heavy atom. The van der Waals surface area contributed by atoms with Crippen molar-refractivity contribution in [1.82, 2.24) is 4.90 Å². The van der Waals surface area contributed by atoms with E-state index in [1.165, 1.54) is 6.26 Å². The number of hydrogen-bond donors (Lipinski definition) is 1. The molecule has 132 valence electrons. The maximum atomic E-state index is 12.4. The van der Waals surface area contributed by atoms with E-state index < -0.39 is 0 Å². The van der Waals surface area contributed by atoms with E-state index in [0.717, 1.165) is 11.1 Å². The fourth-order valence-electron chi connectivity index (χ4n) is 2.34. The molecule has 0 atom stereocenters. The summed E-state index contributed by atoms with van der Waals surface area (Å²) >= 11 is 0. The molecule has 0 radical (unpaired) electrons. The summed E-state index contributed by atoms with van der Waals surface area (Å²) in [7, 11) is 4.93. The number of amides is 1. The van der Waals surface area contributed by atoms with E-state index in [9.17, 15) is 4.79 Å². The van der Waals surface area contributed by atoms with Crippen LogP contribution in [0.4, 0.5) is 0 Å². The molecule has 0 aliphatic heterocycles. The summed E-state index contributed by atoms with van der Waals surface area (Å²) in [5.41, 5.74) is 8.00. The number of carbonyl (C=O) groups is 1. The lowest BCUT2D eigenvalue weighted by Gasteiger charge is -2.19. The molecule has 2 aromatic rings. The lowest BCUT2D eigenvalue weighted by Crippen LogP contribution is -2.26. The van der Waals surface area contributed by atoms with Gasteiger partial charge in [0.05, 0.1) is 26.3 Å². The van der Waals surface area contributed by atoms with Crippen LogP contribution >= 0.6 is 12.4 Å². The first-order valence-electron chi connectivity index (χ1n) is 7.24. The van der Waals surface area contributed by atoms with Crippen molar-refractivity contribution in [2.75, 3.05) is 21.3 Å². The largest absolute Gasteiger partial charge is 0.493 e. The molecule has 0 aliphatic rings. The van der Waals surface area contributed by atoms with Crippen LogP contribution in [0.5, 0.6) is 11.5 Å². The van der Waals surface area contributed by atoms with Gasteiger partial charge in [-0.1, -0.05) is 0 Å². The van der Waals surface area contributed by atoms with E-state index in [2.05, 4.69) is 0 Å². The number of benzene rings is 1. The fourth-order valence-corrected chi connectivity index (χ4v) is 2.34. The van der Waals surface area contributed by atoms with Crippen LogP contribution in [0.25, 0.3) is 0 Å². The maximum absolute atomic E-state index is 12.4. The van der Waals surface area contributed by atoms with Gasteiger partial charge in [0, 0.05) is 13.6 Å². The second-order valence-electron chi connectivity index (χ2n) is 5.30. The quantitative estimate of drug-likeness (QED) is 0.863. The Kier molecular flexibility index (Phi) is 7.13.